The summed E-state index contributed by atoms with van der Waals surface area (Å²) in [5.74, 6) is 1.55. The van der Waals surface area contributed by atoms with Gasteiger partial charge in [-0.15, -0.1) is 0 Å². The third-order valence-electron chi connectivity index (χ3n) is 6.08. The van der Waals surface area contributed by atoms with Crippen LogP contribution in [0, 0.1) is 5.92 Å². The van der Waals surface area contributed by atoms with Crippen LogP contribution in [-0.2, 0) is 22.6 Å². The molecule has 0 aromatic heterocycles. The average molecular weight is 435 g/mol. The maximum atomic E-state index is 12.4. The van der Waals surface area contributed by atoms with Crippen LogP contribution >= 0.6 is 0 Å². The number of carbonyl (C=O) groups is 1. The zero-order valence-corrected chi connectivity index (χ0v) is 18.4. The van der Waals surface area contributed by atoms with Gasteiger partial charge in [0.25, 0.3) is 0 Å². The SMILES string of the molecule is C[C@@H]1CCO[C@@H](CC(=O)CCc2ccc(O)c(OCc3ccc4cc(O)ccc4c3)c2)C1. The number of ketones is 1. The number of phenols is 2. The highest BCUT2D eigenvalue weighted by atomic mass is 16.5. The van der Waals surface area contributed by atoms with Crippen LogP contribution in [0.5, 0.6) is 17.2 Å². The number of hydrogen-bond donors (Lipinski definition) is 2. The molecule has 0 radical (unpaired) electrons. The minimum Gasteiger partial charge on any atom is -0.508 e. The maximum Gasteiger partial charge on any atom is 0.161 e. The summed E-state index contributed by atoms with van der Waals surface area (Å²) in [6.45, 7) is 3.27. The second kappa shape index (κ2) is 10.0. The summed E-state index contributed by atoms with van der Waals surface area (Å²) in [5, 5.41) is 21.8. The van der Waals surface area contributed by atoms with E-state index < -0.39 is 0 Å². The van der Waals surface area contributed by atoms with Crippen LogP contribution in [0.1, 0.15) is 43.7 Å². The molecule has 0 spiro atoms. The van der Waals surface area contributed by atoms with Crippen LogP contribution in [0.3, 0.4) is 0 Å². The molecule has 1 heterocycles. The molecule has 1 aliphatic rings. The van der Waals surface area contributed by atoms with Gasteiger partial charge in [-0.3, -0.25) is 4.79 Å². The van der Waals surface area contributed by atoms with Crippen LogP contribution in [0.25, 0.3) is 10.8 Å². The van der Waals surface area contributed by atoms with Gasteiger partial charge in [-0.1, -0.05) is 31.2 Å². The Labute approximate surface area is 188 Å². The predicted octanol–water partition coefficient (Wildman–Crippen LogP) is 5.54. The minimum atomic E-state index is 0.0517. The molecule has 0 unspecified atom stereocenters. The zero-order chi connectivity index (χ0) is 22.5. The van der Waals surface area contributed by atoms with Crippen LogP contribution in [0.4, 0.5) is 0 Å². The topological polar surface area (TPSA) is 76.0 Å². The molecule has 0 amide bonds. The molecule has 0 bridgehead atoms. The van der Waals surface area contributed by atoms with Gasteiger partial charge in [0.2, 0.25) is 0 Å². The molecule has 2 N–H and O–H groups in total. The number of aromatic hydroxyl groups is 2. The van der Waals surface area contributed by atoms with Crippen LogP contribution < -0.4 is 4.74 Å². The molecule has 2 atom stereocenters. The molecule has 4 rings (SSSR count). The Morgan fingerprint density at radius 3 is 2.66 bits per heavy atom. The maximum absolute atomic E-state index is 12.4. The fourth-order valence-corrected chi connectivity index (χ4v) is 4.22. The van der Waals surface area contributed by atoms with Gasteiger partial charge in [0.15, 0.2) is 11.5 Å². The Kier molecular flexibility index (Phi) is 6.96. The van der Waals surface area contributed by atoms with Crippen molar-refractivity contribution in [1.82, 2.24) is 0 Å². The van der Waals surface area contributed by atoms with Gasteiger partial charge in [-0.25, -0.2) is 0 Å². The summed E-state index contributed by atoms with van der Waals surface area (Å²) in [6.07, 6.45) is 3.62. The number of rotatable bonds is 8. The summed E-state index contributed by atoms with van der Waals surface area (Å²) >= 11 is 0. The lowest BCUT2D eigenvalue weighted by Gasteiger charge is -2.26. The Morgan fingerprint density at radius 1 is 1.03 bits per heavy atom. The van der Waals surface area contributed by atoms with E-state index >= 15 is 0 Å². The highest BCUT2D eigenvalue weighted by molar-refractivity contribution is 5.84. The van der Waals surface area contributed by atoms with Gasteiger partial charge in [-0.05, 0) is 77.4 Å². The van der Waals surface area contributed by atoms with Crippen LogP contribution in [0.15, 0.2) is 54.6 Å². The van der Waals surface area contributed by atoms with Crippen molar-refractivity contribution in [2.24, 2.45) is 5.92 Å². The first-order valence-electron chi connectivity index (χ1n) is 11.3. The minimum absolute atomic E-state index is 0.0517. The second-order valence-corrected chi connectivity index (χ2v) is 8.82. The zero-order valence-electron chi connectivity index (χ0n) is 18.4. The lowest BCUT2D eigenvalue weighted by atomic mass is 9.94. The molecular formula is C27H30O5. The first-order chi connectivity index (χ1) is 15.5. The van der Waals surface area contributed by atoms with E-state index in [2.05, 4.69) is 6.92 Å². The summed E-state index contributed by atoms with van der Waals surface area (Å²) in [6, 6.07) is 16.4. The van der Waals surface area contributed by atoms with Gasteiger partial charge in [0.05, 0.1) is 6.10 Å². The fraction of sp³-hybridized carbons (Fsp3) is 0.370. The Bertz CT molecular complexity index is 1090. The molecular weight excluding hydrogens is 404 g/mol. The largest absolute Gasteiger partial charge is 0.508 e. The number of Topliss-reactive ketones (excluding diaryl/α,β-unsaturated/α-hetero) is 1. The normalized spacial score (nSPS) is 18.5. The summed E-state index contributed by atoms with van der Waals surface area (Å²) in [5.41, 5.74) is 1.92. The number of aryl methyl sites for hydroxylation is 1. The third kappa shape index (κ3) is 5.80. The summed E-state index contributed by atoms with van der Waals surface area (Å²) in [4.78, 5) is 12.4. The van der Waals surface area contributed by atoms with E-state index in [4.69, 9.17) is 9.47 Å². The first-order valence-corrected chi connectivity index (χ1v) is 11.3. The van der Waals surface area contributed by atoms with Crippen molar-refractivity contribution < 1.29 is 24.5 Å². The van der Waals surface area contributed by atoms with Crippen molar-refractivity contribution in [3.63, 3.8) is 0 Å². The number of phenolic OH excluding ortho intramolecular Hbond substituents is 2. The van der Waals surface area contributed by atoms with Crippen molar-refractivity contribution in [1.29, 1.82) is 0 Å². The van der Waals surface area contributed by atoms with E-state index in [9.17, 15) is 15.0 Å². The molecule has 0 saturated carbocycles. The predicted molar refractivity (Wildman–Crippen MR) is 124 cm³/mol. The number of benzene rings is 3. The molecule has 1 fully saturated rings. The van der Waals surface area contributed by atoms with E-state index in [1.165, 1.54) is 0 Å². The quantitative estimate of drug-likeness (QED) is 0.487. The molecule has 168 valence electrons. The molecule has 1 aliphatic heterocycles. The fourth-order valence-electron chi connectivity index (χ4n) is 4.22. The van der Waals surface area contributed by atoms with Gasteiger partial charge < -0.3 is 19.7 Å². The Balaban J connectivity index is 1.33. The number of ether oxygens (including phenoxy) is 2. The molecule has 3 aromatic rings. The van der Waals surface area contributed by atoms with E-state index in [1.807, 2.05) is 30.3 Å². The number of fused-ring (bicyclic) bond motifs is 1. The number of carbonyl (C=O) groups excluding carboxylic acids is 1. The van der Waals surface area contributed by atoms with Gasteiger partial charge in [0, 0.05) is 19.4 Å². The average Bonchev–Trinajstić information content (AvgIpc) is 2.77. The molecule has 5 nitrogen and oxygen atoms in total. The first kappa shape index (κ1) is 22.2. The van der Waals surface area contributed by atoms with E-state index in [1.54, 1.807) is 24.3 Å². The molecule has 32 heavy (non-hydrogen) atoms. The highest BCUT2D eigenvalue weighted by Gasteiger charge is 2.21. The van der Waals surface area contributed by atoms with Crippen molar-refractivity contribution in [2.75, 3.05) is 6.61 Å². The molecule has 3 aromatic carbocycles. The lowest BCUT2D eigenvalue weighted by Crippen LogP contribution is -2.26. The van der Waals surface area contributed by atoms with Gasteiger partial charge in [-0.2, -0.15) is 0 Å². The van der Waals surface area contributed by atoms with E-state index in [0.717, 1.165) is 41.3 Å². The molecule has 0 aliphatic carbocycles. The van der Waals surface area contributed by atoms with Gasteiger partial charge >= 0.3 is 0 Å². The van der Waals surface area contributed by atoms with E-state index in [-0.39, 0.29) is 23.4 Å². The van der Waals surface area contributed by atoms with Crippen molar-refractivity contribution in [3.05, 3.63) is 65.7 Å². The second-order valence-electron chi connectivity index (χ2n) is 8.82. The molecule has 5 heteroatoms. The third-order valence-corrected chi connectivity index (χ3v) is 6.08. The Hall–Kier alpha value is -3.05. The van der Waals surface area contributed by atoms with Crippen molar-refractivity contribution >= 4 is 16.6 Å². The van der Waals surface area contributed by atoms with Gasteiger partial charge in [0.1, 0.15) is 18.1 Å². The molecule has 1 saturated heterocycles. The van der Waals surface area contributed by atoms with Crippen molar-refractivity contribution in [2.45, 2.75) is 51.7 Å². The van der Waals surface area contributed by atoms with E-state index in [0.29, 0.717) is 37.5 Å². The summed E-state index contributed by atoms with van der Waals surface area (Å²) < 4.78 is 11.6. The van der Waals surface area contributed by atoms with Crippen molar-refractivity contribution in [3.8, 4) is 17.2 Å². The standard InChI is InChI=1S/C27H30O5/c1-18-10-11-31-25(12-18)16-24(29)7-3-19-4-9-26(30)27(14-19)32-17-20-2-5-22-15-23(28)8-6-21(22)13-20/h2,4-6,8-9,13-15,18,25,28,30H,3,7,10-12,16-17H2,1H3/t18-,25-/m1/s1. The number of hydrogen-bond acceptors (Lipinski definition) is 5. The van der Waals surface area contributed by atoms with Crippen LogP contribution in [-0.4, -0.2) is 28.7 Å². The lowest BCUT2D eigenvalue weighted by molar-refractivity contribution is -0.123. The Morgan fingerprint density at radius 2 is 1.81 bits per heavy atom. The highest BCUT2D eigenvalue weighted by Crippen LogP contribution is 2.29. The smallest absolute Gasteiger partial charge is 0.161 e. The monoisotopic (exact) mass is 434 g/mol. The summed E-state index contributed by atoms with van der Waals surface area (Å²) in [7, 11) is 0. The van der Waals surface area contributed by atoms with Crippen LogP contribution in [0.2, 0.25) is 0 Å².